The third-order valence-corrected chi connectivity index (χ3v) is 2.37. The molecule has 0 atom stereocenters. The molecule has 0 rings (SSSR count). The van der Waals surface area contributed by atoms with Gasteiger partial charge < -0.3 is 0 Å². The monoisotopic (exact) mass is 150 g/mol. The summed E-state index contributed by atoms with van der Waals surface area (Å²) in [5.74, 6) is 0. The highest BCUT2D eigenvalue weighted by molar-refractivity contribution is 4.99. The first kappa shape index (κ1) is 10.3. The molecule has 0 bridgehead atoms. The Morgan fingerprint density at radius 1 is 1.36 bits per heavy atom. The van der Waals surface area contributed by atoms with E-state index < -0.39 is 0 Å². The lowest BCUT2D eigenvalue weighted by molar-refractivity contribution is 0.358. The molecule has 0 aromatic heterocycles. The second-order valence-corrected chi connectivity index (χ2v) is 2.91. The first-order chi connectivity index (χ1) is 5.24. The fraction of sp³-hybridized carbons (Fsp3) is 0.545. The zero-order chi connectivity index (χ0) is 8.74. The van der Waals surface area contributed by atoms with E-state index in [9.17, 15) is 0 Å². The first-order valence-electron chi connectivity index (χ1n) is 4.22. The third kappa shape index (κ3) is 2.78. The Kier molecular flexibility index (Phi) is 4.65. The third-order valence-electron chi connectivity index (χ3n) is 2.37. The molecule has 0 aromatic rings. The fourth-order valence-corrected chi connectivity index (χ4v) is 1.31. The zero-order valence-corrected chi connectivity index (χ0v) is 7.69. The predicted octanol–water partition coefficient (Wildman–Crippen LogP) is 3.71. The van der Waals surface area contributed by atoms with Crippen LogP contribution in [0.2, 0.25) is 0 Å². The van der Waals surface area contributed by atoms with Crippen molar-refractivity contribution >= 4 is 0 Å². The second-order valence-electron chi connectivity index (χ2n) is 2.91. The Morgan fingerprint density at radius 3 is 2.18 bits per heavy atom. The van der Waals surface area contributed by atoms with Crippen LogP contribution >= 0.6 is 0 Å². The van der Waals surface area contributed by atoms with Gasteiger partial charge in [-0.15, -0.1) is 12.3 Å². The maximum Gasteiger partial charge on any atom is -0.00136 e. The van der Waals surface area contributed by atoms with E-state index in [2.05, 4.69) is 38.8 Å². The number of hydrogen-bond donors (Lipinski definition) is 0. The molecule has 62 valence electrons. The van der Waals surface area contributed by atoms with E-state index in [1.807, 2.05) is 6.08 Å². The quantitative estimate of drug-likeness (QED) is 0.414. The van der Waals surface area contributed by atoms with E-state index in [-0.39, 0.29) is 5.41 Å². The van der Waals surface area contributed by atoms with E-state index in [1.54, 1.807) is 0 Å². The summed E-state index contributed by atoms with van der Waals surface area (Å²) in [5.41, 5.74) is 3.14. The van der Waals surface area contributed by atoms with Gasteiger partial charge in [0.15, 0.2) is 0 Å². The molecule has 0 aromatic carbocycles. The number of rotatable bonds is 5. The minimum absolute atomic E-state index is 0.267. The molecule has 0 radical (unpaired) electrons. The Bertz CT molecular complexity index is 155. The van der Waals surface area contributed by atoms with E-state index in [0.717, 1.165) is 19.3 Å². The largest absolute Gasteiger partial charge is 0.132 e. The molecular formula is C11H18. The summed E-state index contributed by atoms with van der Waals surface area (Å²) in [6.07, 6.45) is 7.36. The maximum atomic E-state index is 3.76. The molecule has 0 spiro atoms. The average molecular weight is 150 g/mol. The molecule has 0 aliphatic carbocycles. The highest BCUT2D eigenvalue weighted by Crippen LogP contribution is 2.31. The maximum absolute atomic E-state index is 3.76. The van der Waals surface area contributed by atoms with Crippen molar-refractivity contribution in [3.8, 4) is 0 Å². The van der Waals surface area contributed by atoms with Crippen LogP contribution in [0.1, 0.15) is 33.1 Å². The van der Waals surface area contributed by atoms with Gasteiger partial charge in [0.2, 0.25) is 0 Å². The molecular weight excluding hydrogens is 132 g/mol. The SMILES string of the molecule is C=C=CC(CC)(CC)CC=C. The normalized spacial score (nSPS) is 10.4. The van der Waals surface area contributed by atoms with Crippen molar-refractivity contribution in [2.75, 3.05) is 0 Å². The van der Waals surface area contributed by atoms with Crippen LogP contribution in [0.25, 0.3) is 0 Å². The van der Waals surface area contributed by atoms with Crippen LogP contribution < -0.4 is 0 Å². The van der Waals surface area contributed by atoms with Crippen molar-refractivity contribution in [2.24, 2.45) is 5.41 Å². The van der Waals surface area contributed by atoms with Crippen molar-refractivity contribution in [3.63, 3.8) is 0 Å². The van der Waals surface area contributed by atoms with Crippen LogP contribution in [0.4, 0.5) is 0 Å². The highest BCUT2D eigenvalue weighted by Gasteiger charge is 2.20. The van der Waals surface area contributed by atoms with Gasteiger partial charge in [0.25, 0.3) is 0 Å². The lowest BCUT2D eigenvalue weighted by Gasteiger charge is -2.25. The van der Waals surface area contributed by atoms with Gasteiger partial charge >= 0.3 is 0 Å². The molecule has 0 saturated heterocycles. The van der Waals surface area contributed by atoms with Gasteiger partial charge in [-0.3, -0.25) is 0 Å². The molecule has 0 nitrogen and oxygen atoms in total. The molecule has 0 aliphatic heterocycles. The minimum atomic E-state index is 0.267. The number of allylic oxidation sites excluding steroid dienone is 2. The summed E-state index contributed by atoms with van der Waals surface area (Å²) in [6, 6.07) is 0. The summed E-state index contributed by atoms with van der Waals surface area (Å²) < 4.78 is 0. The van der Waals surface area contributed by atoms with Crippen LogP contribution in [0.5, 0.6) is 0 Å². The molecule has 0 N–H and O–H groups in total. The van der Waals surface area contributed by atoms with Gasteiger partial charge in [-0.1, -0.05) is 26.5 Å². The van der Waals surface area contributed by atoms with Crippen LogP contribution in [0.3, 0.4) is 0 Å². The summed E-state index contributed by atoms with van der Waals surface area (Å²) in [5, 5.41) is 0. The van der Waals surface area contributed by atoms with Gasteiger partial charge in [0.1, 0.15) is 0 Å². The van der Waals surface area contributed by atoms with E-state index >= 15 is 0 Å². The predicted molar refractivity (Wildman–Crippen MR) is 51.5 cm³/mol. The summed E-state index contributed by atoms with van der Waals surface area (Å²) >= 11 is 0. The zero-order valence-electron chi connectivity index (χ0n) is 7.69. The Hall–Kier alpha value is -0.740. The lowest BCUT2D eigenvalue weighted by Crippen LogP contribution is -2.13. The standard InChI is InChI=1S/C11H18/c1-5-9-11(7-3,8-4)10-6-2/h5,10H,1-2,7-9H2,3-4H3. The van der Waals surface area contributed by atoms with Crippen LogP contribution in [0, 0.1) is 5.41 Å². The van der Waals surface area contributed by atoms with Gasteiger partial charge in [0.05, 0.1) is 0 Å². The van der Waals surface area contributed by atoms with Crippen LogP contribution in [-0.2, 0) is 0 Å². The van der Waals surface area contributed by atoms with E-state index in [4.69, 9.17) is 0 Å². The Balaban J connectivity index is 4.43. The smallest absolute Gasteiger partial charge is 0.00136 e. The molecule has 0 heteroatoms. The summed E-state index contributed by atoms with van der Waals surface area (Å²) in [7, 11) is 0. The Labute approximate surface area is 70.3 Å². The molecule has 11 heavy (non-hydrogen) atoms. The minimum Gasteiger partial charge on any atom is -0.132 e. The first-order valence-corrected chi connectivity index (χ1v) is 4.22. The topological polar surface area (TPSA) is 0 Å². The number of hydrogen-bond acceptors (Lipinski definition) is 0. The van der Waals surface area contributed by atoms with Gasteiger partial charge in [-0.25, -0.2) is 0 Å². The summed E-state index contributed by atoms with van der Waals surface area (Å²) in [6.45, 7) is 11.8. The summed E-state index contributed by atoms with van der Waals surface area (Å²) in [4.78, 5) is 0. The van der Waals surface area contributed by atoms with Crippen molar-refractivity contribution < 1.29 is 0 Å². The van der Waals surface area contributed by atoms with E-state index in [0.29, 0.717) is 0 Å². The van der Waals surface area contributed by atoms with Crippen LogP contribution in [0.15, 0.2) is 31.0 Å². The molecule has 0 amide bonds. The lowest BCUT2D eigenvalue weighted by atomic mass is 9.79. The van der Waals surface area contributed by atoms with E-state index in [1.165, 1.54) is 0 Å². The molecule has 0 saturated carbocycles. The molecule has 0 aliphatic rings. The van der Waals surface area contributed by atoms with Gasteiger partial charge in [-0.05, 0) is 30.8 Å². The van der Waals surface area contributed by atoms with Crippen molar-refractivity contribution in [1.82, 2.24) is 0 Å². The van der Waals surface area contributed by atoms with Gasteiger partial charge in [0, 0.05) is 0 Å². The Morgan fingerprint density at radius 2 is 1.91 bits per heavy atom. The second kappa shape index (κ2) is 4.98. The van der Waals surface area contributed by atoms with Crippen molar-refractivity contribution in [2.45, 2.75) is 33.1 Å². The molecule has 0 fully saturated rings. The molecule has 0 unspecified atom stereocenters. The fourth-order valence-electron chi connectivity index (χ4n) is 1.31. The van der Waals surface area contributed by atoms with Crippen LogP contribution in [-0.4, -0.2) is 0 Å². The van der Waals surface area contributed by atoms with Crippen molar-refractivity contribution in [1.29, 1.82) is 0 Å². The van der Waals surface area contributed by atoms with Crippen molar-refractivity contribution in [3.05, 3.63) is 31.0 Å². The molecule has 0 heterocycles. The average Bonchev–Trinajstić information content (AvgIpc) is 2.04. The highest BCUT2D eigenvalue weighted by atomic mass is 14.2. The van der Waals surface area contributed by atoms with Gasteiger partial charge in [-0.2, -0.15) is 0 Å².